The van der Waals surface area contributed by atoms with Crippen molar-refractivity contribution in [3.63, 3.8) is 0 Å². The standard InChI is InChI=1S/C25H26Cl2N2O4S/c1-3-18-6-11-22(12-7-18)33-15-14-28-25(30)20-8-4-19(5-9-20)17-29(34(2,31)32)24-16-21(26)10-13-23(24)27/h4-13,16H,3,14-15,17H2,1-2H3,(H,28,30). The van der Waals surface area contributed by atoms with E-state index >= 15 is 0 Å². The number of ether oxygens (including phenoxy) is 1. The minimum absolute atomic E-state index is 0.0471. The average molecular weight is 521 g/mol. The zero-order chi connectivity index (χ0) is 24.7. The van der Waals surface area contributed by atoms with Crippen molar-refractivity contribution >= 4 is 44.8 Å². The van der Waals surface area contributed by atoms with Gasteiger partial charge in [0.2, 0.25) is 10.0 Å². The van der Waals surface area contributed by atoms with Crippen LogP contribution in [0.4, 0.5) is 5.69 Å². The number of nitrogens with one attached hydrogen (secondary N) is 1. The number of nitrogens with zero attached hydrogens (tertiary/aromatic N) is 1. The van der Waals surface area contributed by atoms with Crippen molar-refractivity contribution in [2.75, 3.05) is 23.7 Å². The number of benzene rings is 3. The molecule has 0 radical (unpaired) electrons. The molecule has 3 aromatic rings. The van der Waals surface area contributed by atoms with Gasteiger partial charge in [0.1, 0.15) is 12.4 Å². The van der Waals surface area contributed by atoms with E-state index in [0.717, 1.165) is 18.4 Å². The molecule has 0 heterocycles. The van der Waals surface area contributed by atoms with Crippen molar-refractivity contribution in [3.8, 4) is 5.75 Å². The smallest absolute Gasteiger partial charge is 0.251 e. The molecule has 0 aliphatic rings. The zero-order valence-corrected chi connectivity index (χ0v) is 21.3. The first kappa shape index (κ1) is 25.9. The number of sulfonamides is 1. The highest BCUT2D eigenvalue weighted by atomic mass is 35.5. The molecule has 0 aliphatic heterocycles. The number of hydrogen-bond acceptors (Lipinski definition) is 4. The molecule has 6 nitrogen and oxygen atoms in total. The Morgan fingerprint density at radius 1 is 0.971 bits per heavy atom. The molecule has 3 rings (SSSR count). The van der Waals surface area contributed by atoms with Crippen LogP contribution in [0.3, 0.4) is 0 Å². The zero-order valence-electron chi connectivity index (χ0n) is 18.9. The topological polar surface area (TPSA) is 75.7 Å². The quantitative estimate of drug-likeness (QED) is 0.366. The minimum atomic E-state index is -3.63. The van der Waals surface area contributed by atoms with E-state index in [4.69, 9.17) is 27.9 Å². The summed E-state index contributed by atoms with van der Waals surface area (Å²) in [5.41, 5.74) is 2.68. The summed E-state index contributed by atoms with van der Waals surface area (Å²) in [6.45, 7) is 2.84. The second kappa shape index (κ2) is 11.6. The van der Waals surface area contributed by atoms with E-state index in [1.54, 1.807) is 36.4 Å². The Balaban J connectivity index is 1.58. The predicted molar refractivity (Wildman–Crippen MR) is 138 cm³/mol. The summed E-state index contributed by atoms with van der Waals surface area (Å²) in [5, 5.41) is 3.46. The van der Waals surface area contributed by atoms with Gasteiger partial charge in [-0.3, -0.25) is 9.10 Å². The van der Waals surface area contributed by atoms with Gasteiger partial charge < -0.3 is 10.1 Å². The van der Waals surface area contributed by atoms with Gasteiger partial charge in [-0.2, -0.15) is 0 Å². The Bertz CT molecular complexity index is 1230. The summed E-state index contributed by atoms with van der Waals surface area (Å²) in [6, 6.07) is 19.2. The van der Waals surface area contributed by atoms with E-state index < -0.39 is 10.0 Å². The highest BCUT2D eigenvalue weighted by Crippen LogP contribution is 2.31. The summed E-state index contributed by atoms with van der Waals surface area (Å²) in [7, 11) is -3.63. The molecule has 0 unspecified atom stereocenters. The van der Waals surface area contributed by atoms with Crippen LogP contribution >= 0.6 is 23.2 Å². The van der Waals surface area contributed by atoms with Gasteiger partial charge in [0.25, 0.3) is 5.91 Å². The van der Waals surface area contributed by atoms with Crippen molar-refractivity contribution in [2.24, 2.45) is 0 Å². The second-order valence-corrected chi connectivity index (χ2v) is 10.4. The molecule has 1 amide bonds. The van der Waals surface area contributed by atoms with Gasteiger partial charge in [-0.05, 0) is 60.0 Å². The van der Waals surface area contributed by atoms with Gasteiger partial charge in [0, 0.05) is 10.6 Å². The molecule has 0 bridgehead atoms. The van der Waals surface area contributed by atoms with Crippen molar-refractivity contribution < 1.29 is 17.9 Å². The van der Waals surface area contributed by atoms with Crippen molar-refractivity contribution in [2.45, 2.75) is 19.9 Å². The van der Waals surface area contributed by atoms with Gasteiger partial charge in [-0.15, -0.1) is 0 Å². The summed E-state index contributed by atoms with van der Waals surface area (Å²) < 4.78 is 31.6. The monoisotopic (exact) mass is 520 g/mol. The second-order valence-electron chi connectivity index (χ2n) is 7.66. The number of hydrogen-bond donors (Lipinski definition) is 1. The maximum atomic E-state index is 12.4. The van der Waals surface area contributed by atoms with Crippen LogP contribution in [-0.4, -0.2) is 33.7 Å². The summed E-state index contributed by atoms with van der Waals surface area (Å²) in [5.74, 6) is 0.514. The number of aryl methyl sites for hydroxylation is 1. The Labute approximate surface area is 210 Å². The number of carbonyl (C=O) groups is 1. The third-order valence-electron chi connectivity index (χ3n) is 5.11. The van der Waals surface area contributed by atoms with E-state index in [1.807, 2.05) is 24.3 Å². The average Bonchev–Trinajstić information content (AvgIpc) is 2.82. The van der Waals surface area contributed by atoms with Gasteiger partial charge >= 0.3 is 0 Å². The summed E-state index contributed by atoms with van der Waals surface area (Å²) in [4.78, 5) is 12.4. The Morgan fingerprint density at radius 2 is 1.62 bits per heavy atom. The Morgan fingerprint density at radius 3 is 2.24 bits per heavy atom. The SMILES string of the molecule is CCc1ccc(OCCNC(=O)c2ccc(CN(c3cc(Cl)ccc3Cl)S(C)(=O)=O)cc2)cc1. The molecule has 0 atom stereocenters. The number of rotatable bonds is 10. The van der Waals surface area contributed by atoms with Gasteiger partial charge in [0.05, 0.1) is 30.1 Å². The first-order chi connectivity index (χ1) is 16.2. The van der Waals surface area contributed by atoms with Crippen LogP contribution < -0.4 is 14.4 Å². The number of amides is 1. The van der Waals surface area contributed by atoms with Crippen LogP contribution in [-0.2, 0) is 23.0 Å². The van der Waals surface area contributed by atoms with E-state index in [2.05, 4.69) is 12.2 Å². The lowest BCUT2D eigenvalue weighted by atomic mass is 10.1. The lowest BCUT2D eigenvalue weighted by Gasteiger charge is -2.24. The minimum Gasteiger partial charge on any atom is -0.492 e. The van der Waals surface area contributed by atoms with Crippen molar-refractivity contribution in [1.82, 2.24) is 5.32 Å². The van der Waals surface area contributed by atoms with Crippen LogP contribution in [0, 0.1) is 0 Å². The van der Waals surface area contributed by atoms with E-state index in [0.29, 0.717) is 35.0 Å². The van der Waals surface area contributed by atoms with Crippen LogP contribution in [0.1, 0.15) is 28.4 Å². The molecule has 0 fully saturated rings. The number of carbonyl (C=O) groups excluding carboxylic acids is 1. The van der Waals surface area contributed by atoms with Crippen LogP contribution in [0.25, 0.3) is 0 Å². The lowest BCUT2D eigenvalue weighted by molar-refractivity contribution is 0.0947. The molecule has 3 aromatic carbocycles. The Hall–Kier alpha value is -2.74. The van der Waals surface area contributed by atoms with Crippen LogP contribution in [0.2, 0.25) is 10.0 Å². The molecule has 0 aliphatic carbocycles. The van der Waals surface area contributed by atoms with Gasteiger partial charge in [-0.1, -0.05) is 54.4 Å². The maximum Gasteiger partial charge on any atom is 0.251 e. The van der Waals surface area contributed by atoms with Gasteiger partial charge in [0.15, 0.2) is 0 Å². The van der Waals surface area contributed by atoms with Crippen LogP contribution in [0.15, 0.2) is 66.7 Å². The predicted octanol–water partition coefficient (Wildman–Crippen LogP) is 5.33. The molecule has 9 heteroatoms. The first-order valence-corrected chi connectivity index (χ1v) is 13.3. The summed E-state index contributed by atoms with van der Waals surface area (Å²) >= 11 is 12.3. The van der Waals surface area contributed by atoms with Crippen molar-refractivity contribution in [3.05, 3.63) is 93.5 Å². The lowest BCUT2D eigenvalue weighted by Crippen LogP contribution is -2.30. The fourth-order valence-corrected chi connectivity index (χ4v) is 4.57. The molecule has 0 saturated heterocycles. The molecule has 180 valence electrons. The van der Waals surface area contributed by atoms with E-state index in [9.17, 15) is 13.2 Å². The molecule has 0 saturated carbocycles. The molecule has 0 spiro atoms. The summed E-state index contributed by atoms with van der Waals surface area (Å²) in [6.07, 6.45) is 2.07. The molecular weight excluding hydrogens is 495 g/mol. The third kappa shape index (κ3) is 7.13. The van der Waals surface area contributed by atoms with Gasteiger partial charge in [-0.25, -0.2) is 8.42 Å². The third-order valence-corrected chi connectivity index (χ3v) is 6.79. The molecule has 1 N–H and O–H groups in total. The number of halogens is 2. The maximum absolute atomic E-state index is 12.4. The van der Waals surface area contributed by atoms with Crippen molar-refractivity contribution in [1.29, 1.82) is 0 Å². The molecular formula is C25H26Cl2N2O4S. The van der Waals surface area contributed by atoms with Crippen LogP contribution in [0.5, 0.6) is 5.75 Å². The fourth-order valence-electron chi connectivity index (χ4n) is 3.24. The fraction of sp³-hybridized carbons (Fsp3) is 0.240. The highest BCUT2D eigenvalue weighted by Gasteiger charge is 2.21. The van der Waals surface area contributed by atoms with E-state index in [-0.39, 0.29) is 17.5 Å². The largest absolute Gasteiger partial charge is 0.492 e. The first-order valence-electron chi connectivity index (χ1n) is 10.7. The molecule has 34 heavy (non-hydrogen) atoms. The Kier molecular flexibility index (Phi) is 8.83. The van der Waals surface area contributed by atoms with E-state index in [1.165, 1.54) is 15.9 Å². The normalized spacial score (nSPS) is 11.2. The number of anilines is 1. The molecule has 0 aromatic heterocycles. The highest BCUT2D eigenvalue weighted by molar-refractivity contribution is 7.92.